The van der Waals surface area contributed by atoms with Crippen molar-refractivity contribution >= 4 is 11.8 Å². The zero-order valence-electron chi connectivity index (χ0n) is 7.84. The van der Waals surface area contributed by atoms with E-state index < -0.39 is 0 Å². The molecule has 0 bridgehead atoms. The van der Waals surface area contributed by atoms with E-state index in [9.17, 15) is 0 Å². The standard InChI is InChI=1S/C9H11N3OS/c1-7(2-3-13)14-9-6-11-8(4-10)5-12-9/h5-7,13H,2-3H2,1H3. The fourth-order valence-electron chi connectivity index (χ4n) is 0.882. The van der Waals surface area contributed by atoms with Crippen molar-refractivity contribution < 1.29 is 5.11 Å². The van der Waals surface area contributed by atoms with Gasteiger partial charge in [-0.15, -0.1) is 11.8 Å². The largest absolute Gasteiger partial charge is 0.396 e. The van der Waals surface area contributed by atoms with Crippen LogP contribution >= 0.6 is 11.8 Å². The van der Waals surface area contributed by atoms with Gasteiger partial charge in [-0.3, -0.25) is 0 Å². The van der Waals surface area contributed by atoms with Gasteiger partial charge in [0.25, 0.3) is 0 Å². The maximum atomic E-state index is 8.70. The van der Waals surface area contributed by atoms with E-state index in [1.54, 1.807) is 18.0 Å². The predicted molar refractivity (Wildman–Crippen MR) is 53.8 cm³/mol. The van der Waals surface area contributed by atoms with Gasteiger partial charge in [0.2, 0.25) is 0 Å². The predicted octanol–water partition coefficient (Wildman–Crippen LogP) is 1.21. The smallest absolute Gasteiger partial charge is 0.158 e. The van der Waals surface area contributed by atoms with Gasteiger partial charge >= 0.3 is 0 Å². The molecule has 4 nitrogen and oxygen atoms in total. The molecule has 1 rings (SSSR count). The third-order valence-electron chi connectivity index (χ3n) is 1.60. The molecule has 5 heteroatoms. The van der Waals surface area contributed by atoms with E-state index in [4.69, 9.17) is 10.4 Å². The highest BCUT2D eigenvalue weighted by Crippen LogP contribution is 2.21. The Balaban J connectivity index is 2.56. The SMILES string of the molecule is CC(CCO)Sc1cnc(C#N)cn1. The summed E-state index contributed by atoms with van der Waals surface area (Å²) in [6.45, 7) is 2.19. The first-order valence-corrected chi connectivity index (χ1v) is 5.14. The second-order valence-electron chi connectivity index (χ2n) is 2.79. The summed E-state index contributed by atoms with van der Waals surface area (Å²) >= 11 is 1.54. The molecule has 0 aliphatic rings. The zero-order chi connectivity index (χ0) is 10.4. The average molecular weight is 209 g/mol. The Kier molecular flexibility index (Phi) is 4.36. The van der Waals surface area contributed by atoms with Crippen LogP contribution in [0, 0.1) is 11.3 Å². The van der Waals surface area contributed by atoms with Crippen LogP contribution in [-0.4, -0.2) is 26.9 Å². The summed E-state index contributed by atoms with van der Waals surface area (Å²) < 4.78 is 0. The van der Waals surface area contributed by atoms with Gasteiger partial charge in [0, 0.05) is 11.9 Å². The number of hydrogen-bond donors (Lipinski definition) is 1. The number of aliphatic hydroxyl groups is 1. The Morgan fingerprint density at radius 2 is 2.36 bits per heavy atom. The third-order valence-corrected chi connectivity index (χ3v) is 2.69. The molecule has 0 fully saturated rings. The van der Waals surface area contributed by atoms with Crippen molar-refractivity contribution in [1.82, 2.24) is 9.97 Å². The lowest BCUT2D eigenvalue weighted by Crippen LogP contribution is -2.00. The van der Waals surface area contributed by atoms with Gasteiger partial charge in [-0.1, -0.05) is 6.92 Å². The van der Waals surface area contributed by atoms with Crippen LogP contribution in [0.4, 0.5) is 0 Å². The highest BCUT2D eigenvalue weighted by atomic mass is 32.2. The topological polar surface area (TPSA) is 69.8 Å². The molecule has 0 radical (unpaired) electrons. The maximum absolute atomic E-state index is 8.70. The van der Waals surface area contributed by atoms with Crippen LogP contribution in [0.15, 0.2) is 17.4 Å². The lowest BCUT2D eigenvalue weighted by atomic mass is 10.3. The molecule has 1 aromatic rings. The summed E-state index contributed by atoms with van der Waals surface area (Å²) in [5.41, 5.74) is 0.323. The highest BCUT2D eigenvalue weighted by Gasteiger charge is 2.05. The van der Waals surface area contributed by atoms with Crippen molar-refractivity contribution in [3.8, 4) is 6.07 Å². The monoisotopic (exact) mass is 209 g/mol. The normalized spacial score (nSPS) is 12.1. The van der Waals surface area contributed by atoms with Gasteiger partial charge in [0.05, 0.1) is 12.4 Å². The number of nitriles is 1. The molecule has 0 saturated heterocycles. The van der Waals surface area contributed by atoms with E-state index in [0.29, 0.717) is 10.9 Å². The Labute approximate surface area is 87.0 Å². The minimum Gasteiger partial charge on any atom is -0.396 e. The van der Waals surface area contributed by atoms with E-state index in [-0.39, 0.29) is 6.61 Å². The highest BCUT2D eigenvalue weighted by molar-refractivity contribution is 7.99. The lowest BCUT2D eigenvalue weighted by Gasteiger charge is -2.07. The second kappa shape index (κ2) is 5.58. The molecule has 0 spiro atoms. The van der Waals surface area contributed by atoms with Crippen LogP contribution < -0.4 is 0 Å². The first kappa shape index (κ1) is 11.0. The number of rotatable bonds is 4. The zero-order valence-corrected chi connectivity index (χ0v) is 8.66. The first-order chi connectivity index (χ1) is 6.76. The van der Waals surface area contributed by atoms with Crippen molar-refractivity contribution in [2.75, 3.05) is 6.61 Å². The number of hydrogen-bond acceptors (Lipinski definition) is 5. The number of aromatic nitrogens is 2. The Morgan fingerprint density at radius 1 is 1.57 bits per heavy atom. The van der Waals surface area contributed by atoms with Crippen LogP contribution in [0.1, 0.15) is 19.0 Å². The summed E-state index contributed by atoms with van der Waals surface area (Å²) in [5, 5.41) is 18.3. The maximum Gasteiger partial charge on any atom is 0.158 e. The molecule has 1 unspecified atom stereocenters. The molecular formula is C9H11N3OS. The number of aliphatic hydroxyl groups excluding tert-OH is 1. The Bertz CT molecular complexity index is 320. The van der Waals surface area contributed by atoms with Gasteiger partial charge in [-0.25, -0.2) is 9.97 Å². The van der Waals surface area contributed by atoms with E-state index >= 15 is 0 Å². The van der Waals surface area contributed by atoms with Gasteiger partial charge in [-0.05, 0) is 6.42 Å². The summed E-state index contributed by atoms with van der Waals surface area (Å²) in [4.78, 5) is 7.97. The lowest BCUT2D eigenvalue weighted by molar-refractivity contribution is 0.289. The fraction of sp³-hybridized carbons (Fsp3) is 0.444. The molecule has 0 saturated carbocycles. The molecule has 0 aliphatic carbocycles. The van der Waals surface area contributed by atoms with Crippen LogP contribution in [0.5, 0.6) is 0 Å². The van der Waals surface area contributed by atoms with Crippen molar-refractivity contribution in [3.63, 3.8) is 0 Å². The summed E-state index contributed by atoms with van der Waals surface area (Å²) in [5.74, 6) is 0. The van der Waals surface area contributed by atoms with E-state index in [2.05, 4.69) is 9.97 Å². The molecule has 0 aromatic carbocycles. The van der Waals surface area contributed by atoms with Gasteiger partial charge in [0.15, 0.2) is 5.69 Å². The fourth-order valence-corrected chi connectivity index (χ4v) is 1.74. The summed E-state index contributed by atoms with van der Waals surface area (Å²) in [6, 6.07) is 1.91. The van der Waals surface area contributed by atoms with E-state index in [0.717, 1.165) is 11.4 Å². The minimum absolute atomic E-state index is 0.178. The molecule has 0 amide bonds. The van der Waals surface area contributed by atoms with Crippen molar-refractivity contribution in [2.45, 2.75) is 23.6 Å². The summed E-state index contributed by atoms with van der Waals surface area (Å²) in [6.07, 6.45) is 3.76. The molecule has 1 N–H and O–H groups in total. The first-order valence-electron chi connectivity index (χ1n) is 4.26. The molecular weight excluding hydrogens is 198 g/mol. The molecule has 1 heterocycles. The average Bonchev–Trinajstić information content (AvgIpc) is 2.19. The molecule has 74 valence electrons. The molecule has 14 heavy (non-hydrogen) atoms. The quantitative estimate of drug-likeness (QED) is 0.755. The van der Waals surface area contributed by atoms with E-state index in [1.807, 2.05) is 13.0 Å². The van der Waals surface area contributed by atoms with E-state index in [1.165, 1.54) is 6.20 Å². The molecule has 1 atom stereocenters. The van der Waals surface area contributed by atoms with Crippen LogP contribution in [0.25, 0.3) is 0 Å². The number of thioether (sulfide) groups is 1. The van der Waals surface area contributed by atoms with Crippen molar-refractivity contribution in [3.05, 3.63) is 18.1 Å². The van der Waals surface area contributed by atoms with Gasteiger partial charge < -0.3 is 5.11 Å². The molecule has 1 aromatic heterocycles. The van der Waals surface area contributed by atoms with Gasteiger partial charge in [0.1, 0.15) is 11.1 Å². The Morgan fingerprint density at radius 3 is 2.86 bits per heavy atom. The van der Waals surface area contributed by atoms with Crippen molar-refractivity contribution in [2.24, 2.45) is 0 Å². The van der Waals surface area contributed by atoms with Crippen LogP contribution in [0.3, 0.4) is 0 Å². The summed E-state index contributed by atoms with van der Waals surface area (Å²) in [7, 11) is 0. The van der Waals surface area contributed by atoms with Gasteiger partial charge in [-0.2, -0.15) is 5.26 Å². The minimum atomic E-state index is 0.178. The van der Waals surface area contributed by atoms with Crippen molar-refractivity contribution in [1.29, 1.82) is 5.26 Å². The van der Waals surface area contributed by atoms with Crippen LogP contribution in [0.2, 0.25) is 0 Å². The van der Waals surface area contributed by atoms with Crippen LogP contribution in [-0.2, 0) is 0 Å². The molecule has 0 aliphatic heterocycles. The third kappa shape index (κ3) is 3.32. The Hall–Kier alpha value is -1.12. The second-order valence-corrected chi connectivity index (χ2v) is 4.25. The number of nitrogens with zero attached hydrogens (tertiary/aromatic N) is 3.